The molecule has 0 aliphatic carbocycles. The van der Waals surface area contributed by atoms with Crippen LogP contribution in [0.1, 0.15) is 34.6 Å². The smallest absolute Gasteiger partial charge is 0.346 e. The topological polar surface area (TPSA) is 110 Å². The van der Waals surface area contributed by atoms with Crippen LogP contribution in [0.5, 0.6) is 23.0 Å². The summed E-state index contributed by atoms with van der Waals surface area (Å²) in [5, 5.41) is 3.92. The lowest BCUT2D eigenvalue weighted by atomic mass is 10.2. The van der Waals surface area contributed by atoms with Gasteiger partial charge in [0.15, 0.2) is 23.1 Å². The van der Waals surface area contributed by atoms with E-state index >= 15 is 0 Å². The van der Waals surface area contributed by atoms with Crippen LogP contribution >= 0.6 is 0 Å². The molecule has 0 saturated heterocycles. The van der Waals surface area contributed by atoms with E-state index in [1.807, 2.05) is 0 Å². The lowest BCUT2D eigenvalue weighted by molar-refractivity contribution is 0.0718. The second kappa shape index (κ2) is 13.3. The molecule has 45 heavy (non-hydrogen) atoms. The summed E-state index contributed by atoms with van der Waals surface area (Å²) in [6, 6.07) is 16.1. The molecule has 0 aliphatic rings. The van der Waals surface area contributed by atoms with Crippen molar-refractivity contribution in [3.05, 3.63) is 107 Å². The van der Waals surface area contributed by atoms with Gasteiger partial charge in [0.1, 0.15) is 11.5 Å². The fourth-order valence-electron chi connectivity index (χ4n) is 4.03. The minimum atomic E-state index is -1.39. The molecule has 0 atom stereocenters. The molecule has 5 rings (SSSR count). The summed E-state index contributed by atoms with van der Waals surface area (Å²) >= 11 is 0. The predicted octanol–water partition coefficient (Wildman–Crippen LogP) is 7.20. The molecule has 0 unspecified atom stereocenters. The van der Waals surface area contributed by atoms with Crippen LogP contribution in [0.15, 0.2) is 77.3 Å². The van der Waals surface area contributed by atoms with Gasteiger partial charge in [0.05, 0.1) is 24.3 Å². The fourth-order valence-corrected chi connectivity index (χ4v) is 4.03. The zero-order chi connectivity index (χ0) is 32.1. The monoisotopic (exact) mass is 622 g/mol. The highest BCUT2D eigenvalue weighted by Gasteiger charge is 2.23. The van der Waals surface area contributed by atoms with Crippen LogP contribution in [0.25, 0.3) is 22.8 Å². The Morgan fingerprint density at radius 2 is 1.07 bits per heavy atom. The van der Waals surface area contributed by atoms with Crippen LogP contribution in [0.4, 0.5) is 17.6 Å². The van der Waals surface area contributed by atoms with Crippen molar-refractivity contribution in [3.8, 4) is 45.8 Å². The summed E-state index contributed by atoms with van der Waals surface area (Å²) in [5.41, 5.74) is -0.249. The van der Waals surface area contributed by atoms with Crippen molar-refractivity contribution >= 4 is 11.9 Å². The first-order valence-electron chi connectivity index (χ1n) is 13.4. The predicted molar refractivity (Wildman–Crippen MR) is 150 cm³/mol. The standard InChI is InChI=1S/C32H22F4N2O7/c1-3-41-23-15-13-21(25(33)27(23)35)31(39)43-19-9-5-17(6-10-19)29-37-30(45-38-29)18-7-11-20(12-8-18)44-32(40)22-14-16-24(42-4-2)28(36)26(22)34/h5-16H,3-4H2,1-2H3. The maximum absolute atomic E-state index is 14.3. The van der Waals surface area contributed by atoms with Crippen molar-refractivity contribution in [3.63, 3.8) is 0 Å². The Labute approximate surface area is 252 Å². The maximum atomic E-state index is 14.3. The first-order valence-corrected chi connectivity index (χ1v) is 13.4. The average Bonchev–Trinajstić information content (AvgIpc) is 3.53. The molecule has 0 aliphatic heterocycles. The normalized spacial score (nSPS) is 10.8. The van der Waals surface area contributed by atoms with Gasteiger partial charge in [0.25, 0.3) is 5.89 Å². The first-order chi connectivity index (χ1) is 21.7. The molecule has 13 heteroatoms. The number of aromatic nitrogens is 2. The third kappa shape index (κ3) is 6.61. The van der Waals surface area contributed by atoms with Crippen LogP contribution < -0.4 is 18.9 Å². The molecule has 9 nitrogen and oxygen atoms in total. The number of halogens is 4. The van der Waals surface area contributed by atoms with E-state index in [2.05, 4.69) is 10.1 Å². The summed E-state index contributed by atoms with van der Waals surface area (Å²) in [7, 11) is 0. The second-order valence-corrected chi connectivity index (χ2v) is 9.10. The van der Waals surface area contributed by atoms with Gasteiger partial charge in [-0.05, 0) is 86.6 Å². The molecule has 1 heterocycles. The lowest BCUT2D eigenvalue weighted by Crippen LogP contribution is -2.12. The zero-order valence-electron chi connectivity index (χ0n) is 23.6. The van der Waals surface area contributed by atoms with Crippen molar-refractivity contribution in [1.82, 2.24) is 10.1 Å². The molecule has 5 aromatic rings. The molecule has 230 valence electrons. The van der Waals surface area contributed by atoms with E-state index in [4.69, 9.17) is 23.5 Å². The van der Waals surface area contributed by atoms with Crippen LogP contribution in [0.2, 0.25) is 0 Å². The van der Waals surface area contributed by atoms with Gasteiger partial charge in [0.2, 0.25) is 17.5 Å². The molecule has 4 aromatic carbocycles. The summed E-state index contributed by atoms with van der Waals surface area (Å²) < 4.78 is 82.5. The average molecular weight is 623 g/mol. The Balaban J connectivity index is 1.23. The Hall–Kier alpha value is -5.72. The number of nitrogens with zero attached hydrogens (tertiary/aromatic N) is 2. The fraction of sp³-hybridized carbons (Fsp3) is 0.125. The number of ether oxygens (including phenoxy) is 4. The number of benzene rings is 4. The van der Waals surface area contributed by atoms with Crippen LogP contribution in [0, 0.1) is 23.3 Å². The molecule has 0 N–H and O–H groups in total. The molecule has 0 radical (unpaired) electrons. The van der Waals surface area contributed by atoms with E-state index in [0.29, 0.717) is 11.1 Å². The summed E-state index contributed by atoms with van der Waals surface area (Å²) in [5.74, 6) is -7.78. The van der Waals surface area contributed by atoms with Crippen molar-refractivity contribution in [2.75, 3.05) is 13.2 Å². The van der Waals surface area contributed by atoms with Crippen molar-refractivity contribution in [2.24, 2.45) is 0 Å². The molecule has 0 spiro atoms. The van der Waals surface area contributed by atoms with Crippen LogP contribution in [-0.2, 0) is 0 Å². The van der Waals surface area contributed by atoms with Crippen LogP contribution in [0.3, 0.4) is 0 Å². The lowest BCUT2D eigenvalue weighted by Gasteiger charge is -2.09. The molecule has 0 amide bonds. The Bertz CT molecular complexity index is 1730. The highest BCUT2D eigenvalue weighted by atomic mass is 19.2. The zero-order valence-corrected chi connectivity index (χ0v) is 23.6. The highest BCUT2D eigenvalue weighted by Crippen LogP contribution is 2.28. The van der Waals surface area contributed by atoms with E-state index in [1.165, 1.54) is 48.5 Å². The summed E-state index contributed by atoms with van der Waals surface area (Å²) in [4.78, 5) is 29.1. The third-order valence-electron chi connectivity index (χ3n) is 6.19. The van der Waals surface area contributed by atoms with E-state index in [0.717, 1.165) is 24.3 Å². The first kappa shape index (κ1) is 30.7. The highest BCUT2D eigenvalue weighted by molar-refractivity contribution is 5.92. The van der Waals surface area contributed by atoms with Crippen molar-refractivity contribution < 1.29 is 50.6 Å². The quantitative estimate of drug-likeness (QED) is 0.0908. The summed E-state index contributed by atoms with van der Waals surface area (Å²) in [6.07, 6.45) is 0. The van der Waals surface area contributed by atoms with Gasteiger partial charge in [-0.25, -0.2) is 18.4 Å². The molecular weight excluding hydrogens is 600 g/mol. The minimum absolute atomic E-state index is 0.0511. The minimum Gasteiger partial charge on any atom is -0.491 e. The summed E-state index contributed by atoms with van der Waals surface area (Å²) in [6.45, 7) is 3.46. The van der Waals surface area contributed by atoms with Crippen LogP contribution in [-0.4, -0.2) is 35.3 Å². The number of hydrogen-bond acceptors (Lipinski definition) is 9. The molecule has 0 saturated carbocycles. The molecule has 1 aromatic heterocycles. The van der Waals surface area contributed by atoms with Gasteiger partial charge in [-0.15, -0.1) is 0 Å². The maximum Gasteiger partial charge on any atom is 0.346 e. The SMILES string of the molecule is CCOc1ccc(C(=O)Oc2ccc(-c3noc(-c4ccc(OC(=O)c5ccc(OCC)c(F)c5F)cc4)n3)cc2)c(F)c1F. The third-order valence-corrected chi connectivity index (χ3v) is 6.19. The van der Waals surface area contributed by atoms with E-state index in [-0.39, 0.29) is 47.9 Å². The van der Waals surface area contributed by atoms with E-state index in [1.54, 1.807) is 13.8 Å². The number of carbonyl (C=O) groups excluding carboxylic acids is 2. The number of carbonyl (C=O) groups is 2. The number of hydrogen-bond donors (Lipinski definition) is 0. The molecule has 0 fully saturated rings. The van der Waals surface area contributed by atoms with E-state index in [9.17, 15) is 27.2 Å². The van der Waals surface area contributed by atoms with Gasteiger partial charge in [-0.1, -0.05) is 5.16 Å². The van der Waals surface area contributed by atoms with Gasteiger partial charge in [-0.2, -0.15) is 13.8 Å². The second-order valence-electron chi connectivity index (χ2n) is 9.10. The van der Waals surface area contributed by atoms with E-state index < -0.39 is 46.3 Å². The van der Waals surface area contributed by atoms with Gasteiger partial charge in [-0.3, -0.25) is 0 Å². The number of rotatable bonds is 10. The van der Waals surface area contributed by atoms with Gasteiger partial charge < -0.3 is 23.5 Å². The van der Waals surface area contributed by atoms with Crippen molar-refractivity contribution in [2.45, 2.75) is 13.8 Å². The Kier molecular flexibility index (Phi) is 9.07. The van der Waals surface area contributed by atoms with Crippen molar-refractivity contribution in [1.29, 1.82) is 0 Å². The van der Waals surface area contributed by atoms with Gasteiger partial charge in [0, 0.05) is 11.1 Å². The Morgan fingerprint density at radius 1 is 0.622 bits per heavy atom. The molecular formula is C32H22F4N2O7. The number of esters is 2. The van der Waals surface area contributed by atoms with Gasteiger partial charge >= 0.3 is 11.9 Å². The Morgan fingerprint density at radius 3 is 1.51 bits per heavy atom. The molecule has 0 bridgehead atoms. The largest absolute Gasteiger partial charge is 0.491 e.